The second-order valence-electron chi connectivity index (χ2n) is 4.23. The van der Waals surface area contributed by atoms with Gasteiger partial charge in [0.15, 0.2) is 0 Å². The molecule has 0 spiro atoms. The van der Waals surface area contributed by atoms with Crippen LogP contribution in [0.3, 0.4) is 0 Å². The minimum atomic E-state index is 0.378. The maximum atomic E-state index is 8.76. The maximum absolute atomic E-state index is 8.76. The molecular formula is C12H18N4O. The molecule has 0 saturated carbocycles. The van der Waals surface area contributed by atoms with Gasteiger partial charge in [-0.1, -0.05) is 13.8 Å². The van der Waals surface area contributed by atoms with E-state index in [-0.39, 0.29) is 0 Å². The van der Waals surface area contributed by atoms with Crippen LogP contribution >= 0.6 is 0 Å². The first-order valence-electron chi connectivity index (χ1n) is 5.69. The predicted molar refractivity (Wildman–Crippen MR) is 65.6 cm³/mol. The molecule has 92 valence electrons. The molecule has 5 nitrogen and oxygen atoms in total. The second-order valence-corrected chi connectivity index (χ2v) is 4.23. The Labute approximate surface area is 102 Å². The zero-order valence-corrected chi connectivity index (χ0v) is 10.5. The SMILES string of the molecule is Cc1cc(C#N)nc(NCCOCC(C)C)n1. The number of nitriles is 1. The van der Waals surface area contributed by atoms with Crippen LogP contribution < -0.4 is 5.32 Å². The fraction of sp³-hybridized carbons (Fsp3) is 0.583. The van der Waals surface area contributed by atoms with Gasteiger partial charge < -0.3 is 10.1 Å². The molecule has 0 radical (unpaired) electrons. The minimum absolute atomic E-state index is 0.378. The predicted octanol–water partition coefficient (Wildman–Crippen LogP) is 1.74. The third-order valence-corrected chi connectivity index (χ3v) is 1.95. The molecule has 0 saturated heterocycles. The van der Waals surface area contributed by atoms with Crippen molar-refractivity contribution in [3.63, 3.8) is 0 Å². The second kappa shape index (κ2) is 6.81. The standard InChI is InChI=1S/C12H18N4O/c1-9(2)8-17-5-4-14-12-15-10(3)6-11(7-13)16-12/h6,9H,4-5,8H2,1-3H3,(H,14,15,16). The largest absolute Gasteiger partial charge is 0.379 e. The molecule has 0 aliphatic rings. The van der Waals surface area contributed by atoms with Crippen LogP contribution in [0.15, 0.2) is 6.07 Å². The Morgan fingerprint density at radius 3 is 2.88 bits per heavy atom. The molecule has 0 aliphatic heterocycles. The van der Waals surface area contributed by atoms with Crippen LogP contribution in [0, 0.1) is 24.2 Å². The highest BCUT2D eigenvalue weighted by Crippen LogP contribution is 2.03. The normalized spacial score (nSPS) is 10.3. The molecule has 0 unspecified atom stereocenters. The van der Waals surface area contributed by atoms with Crippen molar-refractivity contribution in [2.24, 2.45) is 5.92 Å². The van der Waals surface area contributed by atoms with Gasteiger partial charge in [-0.2, -0.15) is 5.26 Å². The van der Waals surface area contributed by atoms with Crippen molar-refractivity contribution in [3.05, 3.63) is 17.5 Å². The zero-order valence-electron chi connectivity index (χ0n) is 10.5. The molecule has 5 heteroatoms. The third-order valence-electron chi connectivity index (χ3n) is 1.95. The number of hydrogen-bond donors (Lipinski definition) is 1. The molecule has 1 aromatic heterocycles. The lowest BCUT2D eigenvalue weighted by molar-refractivity contribution is 0.118. The van der Waals surface area contributed by atoms with Gasteiger partial charge in [-0.15, -0.1) is 0 Å². The molecule has 1 aromatic rings. The molecule has 1 N–H and O–H groups in total. The quantitative estimate of drug-likeness (QED) is 0.759. The van der Waals surface area contributed by atoms with Gasteiger partial charge in [-0.25, -0.2) is 9.97 Å². The summed E-state index contributed by atoms with van der Waals surface area (Å²) in [5.74, 6) is 1.02. The van der Waals surface area contributed by atoms with E-state index in [9.17, 15) is 0 Å². The van der Waals surface area contributed by atoms with Crippen molar-refractivity contribution in [3.8, 4) is 6.07 Å². The molecule has 17 heavy (non-hydrogen) atoms. The van der Waals surface area contributed by atoms with Crippen LogP contribution in [-0.4, -0.2) is 29.7 Å². The Kier molecular flexibility index (Phi) is 5.37. The van der Waals surface area contributed by atoms with E-state index in [0.29, 0.717) is 30.7 Å². The first kappa shape index (κ1) is 13.4. The van der Waals surface area contributed by atoms with Crippen LogP contribution in [0.1, 0.15) is 25.2 Å². The van der Waals surface area contributed by atoms with Crippen molar-refractivity contribution in [2.75, 3.05) is 25.1 Å². The van der Waals surface area contributed by atoms with E-state index in [4.69, 9.17) is 10.00 Å². The summed E-state index contributed by atoms with van der Waals surface area (Å²) in [4.78, 5) is 8.23. The van der Waals surface area contributed by atoms with Crippen molar-refractivity contribution in [2.45, 2.75) is 20.8 Å². The van der Waals surface area contributed by atoms with E-state index in [2.05, 4.69) is 29.1 Å². The van der Waals surface area contributed by atoms with E-state index in [0.717, 1.165) is 12.3 Å². The summed E-state index contributed by atoms with van der Waals surface area (Å²) < 4.78 is 5.42. The Balaban J connectivity index is 2.37. The van der Waals surface area contributed by atoms with E-state index >= 15 is 0 Å². The van der Waals surface area contributed by atoms with Crippen molar-refractivity contribution in [1.29, 1.82) is 5.26 Å². The summed E-state index contributed by atoms with van der Waals surface area (Å²) >= 11 is 0. The zero-order chi connectivity index (χ0) is 12.7. The molecule has 1 heterocycles. The first-order chi connectivity index (χ1) is 8.11. The van der Waals surface area contributed by atoms with Gasteiger partial charge in [0.1, 0.15) is 11.8 Å². The summed E-state index contributed by atoms with van der Waals surface area (Å²) in [5.41, 5.74) is 1.16. The van der Waals surface area contributed by atoms with Crippen molar-refractivity contribution >= 4 is 5.95 Å². The number of rotatable bonds is 6. The fourth-order valence-corrected chi connectivity index (χ4v) is 1.26. The smallest absolute Gasteiger partial charge is 0.224 e. The summed E-state index contributed by atoms with van der Waals surface area (Å²) in [6.07, 6.45) is 0. The monoisotopic (exact) mass is 234 g/mol. The lowest BCUT2D eigenvalue weighted by Crippen LogP contribution is -2.14. The van der Waals surface area contributed by atoms with Crippen LogP contribution in [-0.2, 0) is 4.74 Å². The van der Waals surface area contributed by atoms with Gasteiger partial charge in [0.25, 0.3) is 0 Å². The Morgan fingerprint density at radius 1 is 1.47 bits per heavy atom. The number of nitrogens with zero attached hydrogens (tertiary/aromatic N) is 3. The molecular weight excluding hydrogens is 216 g/mol. The summed E-state index contributed by atoms with van der Waals surface area (Å²) in [6, 6.07) is 3.66. The average Bonchev–Trinajstić information content (AvgIpc) is 2.27. The third kappa shape index (κ3) is 5.27. The lowest BCUT2D eigenvalue weighted by atomic mass is 10.2. The highest BCUT2D eigenvalue weighted by atomic mass is 16.5. The molecule has 0 aromatic carbocycles. The number of nitrogens with one attached hydrogen (secondary N) is 1. The molecule has 0 bridgehead atoms. The van der Waals surface area contributed by atoms with Crippen molar-refractivity contribution < 1.29 is 4.74 Å². The Hall–Kier alpha value is -1.67. The van der Waals surface area contributed by atoms with Gasteiger partial charge >= 0.3 is 0 Å². The van der Waals surface area contributed by atoms with E-state index < -0.39 is 0 Å². The van der Waals surface area contributed by atoms with Crippen LogP contribution in [0.4, 0.5) is 5.95 Å². The fourth-order valence-electron chi connectivity index (χ4n) is 1.26. The van der Waals surface area contributed by atoms with Gasteiger partial charge in [-0.3, -0.25) is 0 Å². The molecule has 0 amide bonds. The maximum Gasteiger partial charge on any atom is 0.224 e. The van der Waals surface area contributed by atoms with Crippen LogP contribution in [0.5, 0.6) is 0 Å². The minimum Gasteiger partial charge on any atom is -0.379 e. The highest BCUT2D eigenvalue weighted by Gasteiger charge is 2.01. The Bertz CT molecular complexity index is 398. The average molecular weight is 234 g/mol. The highest BCUT2D eigenvalue weighted by molar-refractivity contribution is 5.32. The molecule has 0 aliphatic carbocycles. The molecule has 0 atom stereocenters. The summed E-state index contributed by atoms with van der Waals surface area (Å²) in [5, 5.41) is 11.8. The lowest BCUT2D eigenvalue weighted by Gasteiger charge is -2.08. The number of anilines is 1. The van der Waals surface area contributed by atoms with Gasteiger partial charge in [0, 0.05) is 18.8 Å². The number of aromatic nitrogens is 2. The van der Waals surface area contributed by atoms with Gasteiger partial charge in [-0.05, 0) is 18.9 Å². The van der Waals surface area contributed by atoms with Crippen LogP contribution in [0.25, 0.3) is 0 Å². The number of aryl methyl sites for hydroxylation is 1. The van der Waals surface area contributed by atoms with Crippen molar-refractivity contribution in [1.82, 2.24) is 9.97 Å². The van der Waals surface area contributed by atoms with E-state index in [1.54, 1.807) is 6.07 Å². The van der Waals surface area contributed by atoms with Crippen LogP contribution in [0.2, 0.25) is 0 Å². The topological polar surface area (TPSA) is 70.8 Å². The van der Waals surface area contributed by atoms with Gasteiger partial charge in [0.2, 0.25) is 5.95 Å². The van der Waals surface area contributed by atoms with E-state index in [1.807, 2.05) is 13.0 Å². The number of hydrogen-bond acceptors (Lipinski definition) is 5. The summed E-state index contributed by atoms with van der Waals surface area (Å²) in [6.45, 7) is 8.05. The molecule has 0 fully saturated rings. The number of ether oxygens (including phenoxy) is 1. The molecule has 1 rings (SSSR count). The summed E-state index contributed by atoms with van der Waals surface area (Å²) in [7, 11) is 0. The Morgan fingerprint density at radius 2 is 2.24 bits per heavy atom. The first-order valence-corrected chi connectivity index (χ1v) is 5.69. The van der Waals surface area contributed by atoms with E-state index in [1.165, 1.54) is 0 Å². The van der Waals surface area contributed by atoms with Gasteiger partial charge in [0.05, 0.1) is 6.61 Å².